The second-order valence-corrected chi connectivity index (χ2v) is 6.90. The number of quaternary nitrogens is 1. The van der Waals surface area contributed by atoms with E-state index in [0.29, 0.717) is 0 Å². The predicted octanol–water partition coefficient (Wildman–Crippen LogP) is 2.09. The fraction of sp³-hybridized carbons (Fsp3) is 1.00. The van der Waals surface area contributed by atoms with E-state index in [4.69, 9.17) is 8.37 Å². The van der Waals surface area contributed by atoms with E-state index in [1.54, 1.807) is 0 Å². The molecular weight excluding hydrogens is 266 g/mol. The number of hydrogen-bond donors (Lipinski definition) is 0. The van der Waals surface area contributed by atoms with Crippen molar-refractivity contribution in [2.75, 3.05) is 39.9 Å². The molecule has 1 heterocycles. The molecule has 0 aromatic rings. The van der Waals surface area contributed by atoms with Gasteiger partial charge in [-0.3, -0.25) is 0 Å². The molecule has 0 amide bonds. The molecule has 1 aliphatic heterocycles. The maximum Gasteiger partial charge on any atom is 0.399 e. The van der Waals surface area contributed by atoms with Gasteiger partial charge in [-0.05, 0) is 19.3 Å². The predicted molar refractivity (Wildman–Crippen MR) is 75.0 cm³/mol. The van der Waals surface area contributed by atoms with E-state index in [-0.39, 0.29) is 13.2 Å². The third kappa shape index (κ3) is 7.25. The van der Waals surface area contributed by atoms with Gasteiger partial charge in [-0.25, -0.2) is 8.37 Å². The van der Waals surface area contributed by atoms with Crippen LogP contribution in [0.4, 0.5) is 0 Å². The highest BCUT2D eigenvalue weighted by Crippen LogP contribution is 2.17. The lowest BCUT2D eigenvalue weighted by Crippen LogP contribution is -2.41. The van der Waals surface area contributed by atoms with E-state index in [1.165, 1.54) is 25.9 Å². The molecule has 0 unspecified atom stereocenters. The Kier molecular flexibility index (Phi) is 7.28. The standard InChI is InChI=1S/C13H28NO4S/c1-3-4-12-17-19(15,16)18-13-8-7-11-14(2)9-5-6-10-14/h3-13H2,1-2H3/q+1. The van der Waals surface area contributed by atoms with Gasteiger partial charge in [0.2, 0.25) is 0 Å². The fourth-order valence-corrected chi connectivity index (χ4v) is 3.13. The summed E-state index contributed by atoms with van der Waals surface area (Å²) in [5.74, 6) is 0. The first-order valence-corrected chi connectivity index (χ1v) is 8.68. The lowest BCUT2D eigenvalue weighted by atomic mass is 10.3. The molecule has 0 radical (unpaired) electrons. The normalized spacial score (nSPS) is 18.8. The third-order valence-electron chi connectivity index (χ3n) is 3.69. The molecule has 0 atom stereocenters. The molecule has 0 aromatic heterocycles. The molecular formula is C13H28NO4S+. The Hall–Kier alpha value is -0.170. The van der Waals surface area contributed by atoms with Gasteiger partial charge in [-0.1, -0.05) is 13.3 Å². The zero-order valence-corrected chi connectivity index (χ0v) is 13.1. The molecule has 0 aromatic carbocycles. The molecule has 0 N–H and O–H groups in total. The van der Waals surface area contributed by atoms with Crippen LogP contribution in [0.2, 0.25) is 0 Å². The van der Waals surface area contributed by atoms with Gasteiger partial charge < -0.3 is 4.48 Å². The molecule has 6 heteroatoms. The molecule has 1 rings (SSSR count). The van der Waals surface area contributed by atoms with Crippen molar-refractivity contribution < 1.29 is 21.3 Å². The first kappa shape index (κ1) is 16.9. The average molecular weight is 294 g/mol. The summed E-state index contributed by atoms with van der Waals surface area (Å²) in [6.07, 6.45) is 6.04. The first-order chi connectivity index (χ1) is 8.97. The van der Waals surface area contributed by atoms with E-state index >= 15 is 0 Å². The van der Waals surface area contributed by atoms with Crippen LogP contribution in [0, 0.1) is 0 Å². The van der Waals surface area contributed by atoms with Crippen molar-refractivity contribution in [1.82, 2.24) is 0 Å². The Morgan fingerprint density at radius 3 is 2.16 bits per heavy atom. The van der Waals surface area contributed by atoms with Crippen molar-refractivity contribution in [3.8, 4) is 0 Å². The summed E-state index contributed by atoms with van der Waals surface area (Å²) >= 11 is 0. The van der Waals surface area contributed by atoms with Gasteiger partial charge in [0.25, 0.3) is 0 Å². The maximum absolute atomic E-state index is 11.3. The van der Waals surface area contributed by atoms with Crippen molar-refractivity contribution >= 4 is 10.4 Å². The van der Waals surface area contributed by atoms with Crippen molar-refractivity contribution in [1.29, 1.82) is 0 Å². The summed E-state index contributed by atoms with van der Waals surface area (Å²) in [5, 5.41) is 0. The van der Waals surface area contributed by atoms with Crippen LogP contribution in [0.1, 0.15) is 45.4 Å². The molecule has 1 saturated heterocycles. The fourth-order valence-electron chi connectivity index (χ4n) is 2.42. The highest BCUT2D eigenvalue weighted by atomic mass is 32.3. The number of nitrogens with zero attached hydrogens (tertiary/aromatic N) is 1. The molecule has 0 saturated carbocycles. The van der Waals surface area contributed by atoms with E-state index in [9.17, 15) is 8.42 Å². The van der Waals surface area contributed by atoms with Crippen LogP contribution in [0.5, 0.6) is 0 Å². The monoisotopic (exact) mass is 294 g/mol. The lowest BCUT2D eigenvalue weighted by Gasteiger charge is -2.29. The number of unbranched alkanes of at least 4 members (excludes halogenated alkanes) is 2. The second kappa shape index (κ2) is 8.19. The lowest BCUT2D eigenvalue weighted by molar-refractivity contribution is -0.897. The van der Waals surface area contributed by atoms with Crippen LogP contribution in [0.3, 0.4) is 0 Å². The Morgan fingerprint density at radius 2 is 1.58 bits per heavy atom. The van der Waals surface area contributed by atoms with Crippen LogP contribution in [-0.2, 0) is 18.8 Å². The maximum atomic E-state index is 11.3. The Morgan fingerprint density at radius 1 is 1.00 bits per heavy atom. The molecule has 1 fully saturated rings. The van der Waals surface area contributed by atoms with Crippen molar-refractivity contribution in [2.24, 2.45) is 0 Å². The Labute approximate surface area is 117 Å². The van der Waals surface area contributed by atoms with Gasteiger partial charge >= 0.3 is 10.4 Å². The summed E-state index contributed by atoms with van der Waals surface area (Å²) < 4.78 is 33.3. The largest absolute Gasteiger partial charge is 0.399 e. The zero-order valence-electron chi connectivity index (χ0n) is 12.3. The van der Waals surface area contributed by atoms with Crippen LogP contribution in [0.25, 0.3) is 0 Å². The molecule has 0 bridgehead atoms. The Bertz CT molecular complexity index is 337. The minimum atomic E-state index is -3.77. The van der Waals surface area contributed by atoms with Crippen LogP contribution >= 0.6 is 0 Å². The highest BCUT2D eigenvalue weighted by molar-refractivity contribution is 7.81. The van der Waals surface area contributed by atoms with Gasteiger partial charge in [-0.15, -0.1) is 0 Å². The zero-order chi connectivity index (χ0) is 14.2. The van der Waals surface area contributed by atoms with Gasteiger partial charge in [-0.2, -0.15) is 8.42 Å². The summed E-state index contributed by atoms with van der Waals surface area (Å²) in [6.45, 7) is 6.04. The molecule has 0 aliphatic carbocycles. The van der Waals surface area contributed by atoms with E-state index in [0.717, 1.165) is 36.7 Å². The van der Waals surface area contributed by atoms with Gasteiger partial charge in [0, 0.05) is 12.8 Å². The summed E-state index contributed by atoms with van der Waals surface area (Å²) in [7, 11) is -1.50. The molecule has 114 valence electrons. The number of rotatable bonds is 10. The van der Waals surface area contributed by atoms with E-state index in [1.807, 2.05) is 6.92 Å². The average Bonchev–Trinajstić information content (AvgIpc) is 2.76. The summed E-state index contributed by atoms with van der Waals surface area (Å²) in [5.41, 5.74) is 0. The van der Waals surface area contributed by atoms with E-state index < -0.39 is 10.4 Å². The Balaban J connectivity index is 2.06. The minimum absolute atomic E-state index is 0.216. The van der Waals surface area contributed by atoms with E-state index in [2.05, 4.69) is 7.05 Å². The first-order valence-electron chi connectivity index (χ1n) is 7.35. The smallest absolute Gasteiger partial charge is 0.326 e. The second-order valence-electron chi connectivity index (χ2n) is 5.61. The topological polar surface area (TPSA) is 52.6 Å². The van der Waals surface area contributed by atoms with Crippen molar-refractivity contribution in [2.45, 2.75) is 45.4 Å². The van der Waals surface area contributed by atoms with Crippen LogP contribution in [-0.4, -0.2) is 52.8 Å². The van der Waals surface area contributed by atoms with Crippen LogP contribution < -0.4 is 0 Å². The number of likely N-dealkylation sites (tertiary alicyclic amines) is 1. The highest BCUT2D eigenvalue weighted by Gasteiger charge is 2.25. The van der Waals surface area contributed by atoms with Gasteiger partial charge in [0.15, 0.2) is 0 Å². The van der Waals surface area contributed by atoms with Gasteiger partial charge in [0.1, 0.15) is 0 Å². The summed E-state index contributed by atoms with van der Waals surface area (Å²) in [4.78, 5) is 0. The minimum Gasteiger partial charge on any atom is -0.326 e. The quantitative estimate of drug-likeness (QED) is 0.457. The molecule has 1 aliphatic rings. The number of hydrogen-bond acceptors (Lipinski definition) is 4. The molecule has 19 heavy (non-hydrogen) atoms. The van der Waals surface area contributed by atoms with Crippen molar-refractivity contribution in [3.05, 3.63) is 0 Å². The summed E-state index contributed by atoms with van der Waals surface area (Å²) in [6, 6.07) is 0. The van der Waals surface area contributed by atoms with Gasteiger partial charge in [0.05, 0.1) is 39.9 Å². The van der Waals surface area contributed by atoms with Crippen molar-refractivity contribution in [3.63, 3.8) is 0 Å². The SMILES string of the molecule is CCCCOS(=O)(=O)OCCCC[N+]1(C)CCCC1. The third-order valence-corrected chi connectivity index (χ3v) is 4.60. The molecule has 5 nitrogen and oxygen atoms in total. The van der Waals surface area contributed by atoms with Crippen LogP contribution in [0.15, 0.2) is 0 Å². The molecule has 0 spiro atoms.